The van der Waals surface area contributed by atoms with Crippen LogP contribution < -0.4 is 11.6 Å². The zero-order valence-corrected chi connectivity index (χ0v) is 17.4. The number of nitrogens with zero attached hydrogens (tertiary/aromatic N) is 2. The van der Waals surface area contributed by atoms with Crippen molar-refractivity contribution in [3.63, 3.8) is 0 Å². The number of fused-ring (bicyclic) bond motifs is 3. The summed E-state index contributed by atoms with van der Waals surface area (Å²) < 4.78 is 0. The fraction of sp³-hybridized carbons (Fsp3) is 0.500. The molecule has 0 amide bonds. The number of hydrazine groups is 1. The van der Waals surface area contributed by atoms with E-state index in [1.54, 1.807) is 22.7 Å². The van der Waals surface area contributed by atoms with E-state index in [1.807, 2.05) is 11.2 Å². The highest BCUT2D eigenvalue weighted by atomic mass is 32.1. The zero-order chi connectivity index (χ0) is 18.5. The average molecular weight is 391 g/mol. The van der Waals surface area contributed by atoms with Crippen LogP contribution in [-0.2, 0) is 0 Å². The van der Waals surface area contributed by atoms with Crippen LogP contribution in [0, 0.1) is 5.92 Å². The van der Waals surface area contributed by atoms with Crippen molar-refractivity contribution in [1.29, 1.82) is 0 Å². The Balaban J connectivity index is 0.000000613. The summed E-state index contributed by atoms with van der Waals surface area (Å²) in [5, 5.41) is 3.96. The third-order valence-corrected chi connectivity index (χ3v) is 7.15. The van der Waals surface area contributed by atoms with Gasteiger partial charge in [0.05, 0.1) is 16.6 Å². The molecule has 2 bridgehead atoms. The molecule has 5 rings (SSSR count). The van der Waals surface area contributed by atoms with E-state index >= 15 is 0 Å². The van der Waals surface area contributed by atoms with E-state index in [2.05, 4.69) is 48.4 Å². The van der Waals surface area contributed by atoms with Crippen LogP contribution in [-0.4, -0.2) is 35.6 Å². The van der Waals surface area contributed by atoms with Gasteiger partial charge in [-0.05, 0) is 55.4 Å². The lowest BCUT2D eigenvalue weighted by atomic mass is 9.84. The molecular weight excluding hydrogens is 360 g/mol. The number of nitrogens with two attached hydrogens (primary N) is 2. The summed E-state index contributed by atoms with van der Waals surface area (Å²) in [4.78, 5) is 6.15. The molecule has 4 N–H and O–H groups in total. The molecule has 3 aliphatic rings. The van der Waals surface area contributed by atoms with Gasteiger partial charge >= 0.3 is 0 Å². The third kappa shape index (κ3) is 4.49. The second-order valence-corrected chi connectivity index (χ2v) is 9.12. The highest BCUT2D eigenvalue weighted by Gasteiger charge is 2.36. The fourth-order valence-corrected chi connectivity index (χ4v) is 5.40. The van der Waals surface area contributed by atoms with Gasteiger partial charge in [-0.15, -0.1) is 22.7 Å². The topological polar surface area (TPSA) is 58.5 Å². The minimum atomic E-state index is 0.396. The maximum atomic E-state index is 6.33. The van der Waals surface area contributed by atoms with Gasteiger partial charge in [0.15, 0.2) is 0 Å². The molecule has 0 aliphatic carbocycles. The van der Waals surface area contributed by atoms with E-state index in [-0.39, 0.29) is 0 Å². The van der Waals surface area contributed by atoms with E-state index < -0.39 is 0 Å². The molecule has 0 saturated carbocycles. The van der Waals surface area contributed by atoms with Gasteiger partial charge in [0, 0.05) is 22.5 Å². The monoisotopic (exact) mass is 390 g/mol. The number of hydrogen-bond acceptors (Lipinski definition) is 6. The smallest absolute Gasteiger partial charge is 0.0666 e. The predicted molar refractivity (Wildman–Crippen MR) is 115 cm³/mol. The summed E-state index contributed by atoms with van der Waals surface area (Å²) in [7, 11) is 0. The van der Waals surface area contributed by atoms with Crippen LogP contribution >= 0.6 is 22.7 Å². The molecule has 2 aromatic rings. The molecule has 142 valence electrons. The first kappa shape index (κ1) is 19.4. The average Bonchev–Trinajstić information content (AvgIpc) is 3.35. The summed E-state index contributed by atoms with van der Waals surface area (Å²) in [6.07, 6.45) is 5.69. The van der Waals surface area contributed by atoms with Crippen molar-refractivity contribution in [3.05, 3.63) is 40.7 Å². The van der Waals surface area contributed by atoms with Gasteiger partial charge in [0.25, 0.3) is 0 Å². The lowest BCUT2D eigenvalue weighted by Crippen LogP contribution is -2.57. The highest BCUT2D eigenvalue weighted by molar-refractivity contribution is 7.21. The Bertz CT molecular complexity index is 699. The molecule has 1 unspecified atom stereocenters. The molecule has 5 heterocycles. The number of hydrogen-bond donors (Lipinski definition) is 2. The van der Waals surface area contributed by atoms with Crippen molar-refractivity contribution < 1.29 is 0 Å². The molecule has 0 aromatic carbocycles. The summed E-state index contributed by atoms with van der Waals surface area (Å²) in [5.41, 5.74) is 7.07. The minimum absolute atomic E-state index is 0.396. The first-order valence-corrected chi connectivity index (χ1v) is 11.2. The Labute approximate surface area is 165 Å². The Morgan fingerprint density at radius 3 is 2.54 bits per heavy atom. The van der Waals surface area contributed by atoms with Gasteiger partial charge in [-0.3, -0.25) is 0 Å². The summed E-state index contributed by atoms with van der Waals surface area (Å²) in [5.74, 6) is 7.04. The van der Waals surface area contributed by atoms with E-state index in [1.165, 1.54) is 42.1 Å². The van der Waals surface area contributed by atoms with Gasteiger partial charge in [-0.2, -0.15) is 0 Å². The fourth-order valence-electron chi connectivity index (χ4n) is 3.64. The lowest BCUT2D eigenvalue weighted by Gasteiger charge is -2.47. The maximum absolute atomic E-state index is 6.33. The van der Waals surface area contributed by atoms with Crippen LogP contribution in [0.3, 0.4) is 0 Å². The number of piperidine rings is 3. The van der Waals surface area contributed by atoms with Crippen molar-refractivity contribution in [1.82, 2.24) is 9.91 Å². The minimum Gasteiger partial charge on any atom is -0.396 e. The van der Waals surface area contributed by atoms with Gasteiger partial charge in [0.2, 0.25) is 0 Å². The molecule has 3 aliphatic heterocycles. The molecular formula is C20H30N4S2. The van der Waals surface area contributed by atoms with Crippen molar-refractivity contribution in [3.8, 4) is 9.75 Å². The Morgan fingerprint density at radius 2 is 1.96 bits per heavy atom. The van der Waals surface area contributed by atoms with Gasteiger partial charge in [-0.25, -0.2) is 5.84 Å². The molecule has 0 radical (unpaired) electrons. The number of rotatable bonds is 4. The zero-order valence-electron chi connectivity index (χ0n) is 15.7. The first-order valence-electron chi connectivity index (χ1n) is 9.49. The Hall–Kier alpha value is -1.34. The molecule has 2 aromatic heterocycles. The van der Waals surface area contributed by atoms with Crippen molar-refractivity contribution in [2.45, 2.75) is 39.2 Å². The van der Waals surface area contributed by atoms with Crippen LogP contribution in [0.25, 0.3) is 15.5 Å². The number of thiophene rings is 2. The van der Waals surface area contributed by atoms with Gasteiger partial charge < -0.3 is 15.6 Å². The second kappa shape index (κ2) is 9.04. The third-order valence-electron chi connectivity index (χ3n) is 4.95. The van der Waals surface area contributed by atoms with Crippen LogP contribution in [0.2, 0.25) is 0 Å². The quantitative estimate of drug-likeness (QED) is 0.599. The molecule has 26 heavy (non-hydrogen) atoms. The Kier molecular flexibility index (Phi) is 6.75. The highest BCUT2D eigenvalue weighted by Crippen LogP contribution is 2.34. The summed E-state index contributed by atoms with van der Waals surface area (Å²) in [6.45, 7) is 7.77. The molecule has 3 fully saturated rings. The Morgan fingerprint density at radius 1 is 1.23 bits per heavy atom. The van der Waals surface area contributed by atoms with E-state index in [9.17, 15) is 0 Å². The van der Waals surface area contributed by atoms with Gasteiger partial charge in [0.1, 0.15) is 0 Å². The van der Waals surface area contributed by atoms with Crippen molar-refractivity contribution in [2.75, 3.05) is 19.6 Å². The maximum Gasteiger partial charge on any atom is 0.0666 e. The van der Waals surface area contributed by atoms with Crippen molar-refractivity contribution >= 4 is 28.4 Å². The van der Waals surface area contributed by atoms with E-state index in [4.69, 9.17) is 11.6 Å². The largest absolute Gasteiger partial charge is 0.396 e. The standard InChI is InChI=1S/C17H22N4S2.C3H8/c18-13(15-3-4-17(23-15)16-2-1-9-22-16)10-21(19)14-11-20-7-5-12(14)6-8-20;1-3-2/h1-4,9-10,12,14H,5-8,11,18-19H2;3H2,1-2H3/b13-10-;. The first-order chi connectivity index (χ1) is 12.6. The molecule has 6 heteroatoms. The molecule has 0 spiro atoms. The van der Waals surface area contributed by atoms with Gasteiger partial charge in [-0.1, -0.05) is 26.3 Å². The normalized spacial score (nSPS) is 24.9. The predicted octanol–water partition coefficient (Wildman–Crippen LogP) is 4.42. The molecule has 3 saturated heterocycles. The second-order valence-electron chi connectivity index (χ2n) is 7.09. The summed E-state index contributed by atoms with van der Waals surface area (Å²) in [6, 6.07) is 8.85. The van der Waals surface area contributed by atoms with Crippen LogP contribution in [0.4, 0.5) is 0 Å². The lowest BCUT2D eigenvalue weighted by molar-refractivity contribution is 0.0256. The van der Waals surface area contributed by atoms with Crippen LogP contribution in [0.15, 0.2) is 35.8 Å². The molecule has 1 atom stereocenters. The van der Waals surface area contributed by atoms with Crippen molar-refractivity contribution in [2.24, 2.45) is 17.5 Å². The van der Waals surface area contributed by atoms with E-state index in [0.717, 1.165) is 17.1 Å². The van der Waals surface area contributed by atoms with Crippen LogP contribution in [0.1, 0.15) is 38.0 Å². The van der Waals surface area contributed by atoms with E-state index in [0.29, 0.717) is 12.0 Å². The summed E-state index contributed by atoms with van der Waals surface area (Å²) >= 11 is 3.48. The SMILES string of the molecule is CCC.N/C(=C\N(N)C1CN2CCC1CC2)c1ccc(-c2cccs2)s1. The molecule has 4 nitrogen and oxygen atoms in total. The van der Waals surface area contributed by atoms with Crippen LogP contribution in [0.5, 0.6) is 0 Å².